The van der Waals surface area contributed by atoms with Crippen LogP contribution in [-0.4, -0.2) is 18.6 Å². The molecule has 0 fully saturated rings. The second kappa shape index (κ2) is 10.5. The zero-order chi connectivity index (χ0) is 24.9. The van der Waals surface area contributed by atoms with E-state index in [4.69, 9.17) is 23.2 Å². The lowest BCUT2D eigenvalue weighted by Crippen LogP contribution is -2.18. The van der Waals surface area contributed by atoms with Crippen molar-refractivity contribution in [2.45, 2.75) is 29.1 Å². The van der Waals surface area contributed by atoms with Crippen molar-refractivity contribution in [1.82, 2.24) is 0 Å². The highest BCUT2D eigenvalue weighted by atomic mass is 35.5. The smallest absolute Gasteiger partial charge is 0.206 e. The minimum absolute atomic E-state index is 0.151. The molecule has 4 aromatic carbocycles. The molecule has 0 amide bonds. The summed E-state index contributed by atoms with van der Waals surface area (Å²) in [5.74, 6) is 0.547. The topological polar surface area (TPSA) is 74.6 Å². The van der Waals surface area contributed by atoms with Crippen LogP contribution in [0.4, 0.5) is 0 Å². The van der Waals surface area contributed by atoms with Gasteiger partial charge in [-0.2, -0.15) is 0 Å². The Labute approximate surface area is 210 Å². The molecular formula is C27H24Cl2O4S. The van der Waals surface area contributed by atoms with Crippen molar-refractivity contribution in [2.24, 2.45) is 0 Å². The Morgan fingerprint density at radius 3 is 1.15 bits per heavy atom. The van der Waals surface area contributed by atoms with Crippen molar-refractivity contribution in [3.05, 3.63) is 118 Å². The first kappa shape index (κ1) is 25.6. The predicted molar refractivity (Wildman–Crippen MR) is 137 cm³/mol. The molecule has 0 radical (unpaired) electrons. The lowest BCUT2D eigenvalue weighted by molar-refractivity contribution is 0.474. The number of aromatic hydroxyl groups is 2. The van der Waals surface area contributed by atoms with Crippen LogP contribution in [0.15, 0.2) is 107 Å². The van der Waals surface area contributed by atoms with E-state index in [1.807, 2.05) is 24.3 Å². The van der Waals surface area contributed by atoms with Crippen LogP contribution in [0.25, 0.3) is 0 Å². The molecule has 0 aliphatic heterocycles. The Balaban J connectivity index is 0.000000191. The Bertz CT molecular complexity index is 1230. The molecule has 2 N–H and O–H groups in total. The van der Waals surface area contributed by atoms with Crippen LogP contribution in [0, 0.1) is 0 Å². The van der Waals surface area contributed by atoms with Crippen LogP contribution < -0.4 is 0 Å². The molecule has 0 aliphatic carbocycles. The van der Waals surface area contributed by atoms with Crippen LogP contribution in [-0.2, 0) is 15.3 Å². The van der Waals surface area contributed by atoms with Gasteiger partial charge in [0, 0.05) is 15.5 Å². The molecule has 7 heteroatoms. The van der Waals surface area contributed by atoms with Gasteiger partial charge >= 0.3 is 0 Å². The molecular weight excluding hydrogens is 491 g/mol. The Morgan fingerprint density at radius 1 is 0.559 bits per heavy atom. The highest BCUT2D eigenvalue weighted by molar-refractivity contribution is 7.91. The van der Waals surface area contributed by atoms with Gasteiger partial charge in [0.25, 0.3) is 0 Å². The van der Waals surface area contributed by atoms with E-state index in [1.165, 1.54) is 24.3 Å². The largest absolute Gasteiger partial charge is 0.508 e. The lowest BCUT2D eigenvalue weighted by atomic mass is 9.78. The molecule has 34 heavy (non-hydrogen) atoms. The van der Waals surface area contributed by atoms with E-state index in [0.717, 1.165) is 11.1 Å². The van der Waals surface area contributed by atoms with Crippen LogP contribution >= 0.6 is 23.2 Å². The van der Waals surface area contributed by atoms with Crippen LogP contribution in [0.3, 0.4) is 0 Å². The Morgan fingerprint density at radius 2 is 0.853 bits per heavy atom. The number of hydrogen-bond donors (Lipinski definition) is 2. The molecule has 0 aliphatic rings. The van der Waals surface area contributed by atoms with Crippen molar-refractivity contribution in [2.75, 3.05) is 0 Å². The van der Waals surface area contributed by atoms with E-state index in [9.17, 15) is 18.6 Å². The van der Waals surface area contributed by atoms with E-state index in [2.05, 4.69) is 13.8 Å². The van der Waals surface area contributed by atoms with Gasteiger partial charge in [-0.15, -0.1) is 0 Å². The first-order chi connectivity index (χ1) is 16.0. The van der Waals surface area contributed by atoms with Gasteiger partial charge in [-0.3, -0.25) is 0 Å². The minimum Gasteiger partial charge on any atom is -0.508 e. The van der Waals surface area contributed by atoms with Gasteiger partial charge in [0.1, 0.15) is 11.5 Å². The Kier molecular flexibility index (Phi) is 7.93. The average Bonchev–Trinajstić information content (AvgIpc) is 2.81. The summed E-state index contributed by atoms with van der Waals surface area (Å²) in [5.41, 5.74) is 2.10. The molecule has 0 atom stereocenters. The summed E-state index contributed by atoms with van der Waals surface area (Å²) >= 11 is 11.4. The summed E-state index contributed by atoms with van der Waals surface area (Å²) in [4.78, 5) is 0.424. The number of phenolic OH excluding ortho intramolecular Hbond substituents is 2. The van der Waals surface area contributed by atoms with Crippen molar-refractivity contribution >= 4 is 33.0 Å². The highest BCUT2D eigenvalue weighted by Crippen LogP contribution is 2.33. The van der Waals surface area contributed by atoms with Crippen LogP contribution in [0.5, 0.6) is 11.5 Å². The van der Waals surface area contributed by atoms with Crippen LogP contribution in [0.1, 0.15) is 25.0 Å². The number of sulfone groups is 1. The summed E-state index contributed by atoms with van der Waals surface area (Å²) in [6.07, 6.45) is 0. The van der Waals surface area contributed by atoms with Gasteiger partial charge in [-0.05, 0) is 83.9 Å². The summed E-state index contributed by atoms with van der Waals surface area (Å²) in [5, 5.41) is 19.6. The average molecular weight is 515 g/mol. The van der Waals surface area contributed by atoms with Gasteiger partial charge in [-0.1, -0.05) is 61.3 Å². The highest BCUT2D eigenvalue weighted by Gasteiger charge is 2.22. The Hall–Kier alpha value is -2.99. The second-order valence-electron chi connectivity index (χ2n) is 8.13. The van der Waals surface area contributed by atoms with E-state index in [0.29, 0.717) is 10.0 Å². The number of phenols is 2. The summed E-state index contributed by atoms with van der Waals surface area (Å²) in [6, 6.07) is 26.5. The fourth-order valence-electron chi connectivity index (χ4n) is 3.29. The number of hydrogen-bond acceptors (Lipinski definition) is 4. The van der Waals surface area contributed by atoms with Gasteiger partial charge in [0.05, 0.1) is 9.79 Å². The zero-order valence-corrected chi connectivity index (χ0v) is 20.9. The zero-order valence-electron chi connectivity index (χ0n) is 18.6. The number of rotatable bonds is 4. The number of halogens is 2. The first-order valence-corrected chi connectivity index (χ1v) is 12.6. The van der Waals surface area contributed by atoms with Gasteiger partial charge < -0.3 is 10.2 Å². The lowest BCUT2D eigenvalue weighted by Gasteiger charge is -2.26. The maximum absolute atomic E-state index is 12.2. The first-order valence-electron chi connectivity index (χ1n) is 10.4. The van der Waals surface area contributed by atoms with Crippen molar-refractivity contribution in [1.29, 1.82) is 0 Å². The molecule has 0 bridgehead atoms. The van der Waals surface area contributed by atoms with E-state index < -0.39 is 9.84 Å². The molecule has 4 rings (SSSR count). The van der Waals surface area contributed by atoms with Crippen molar-refractivity contribution in [3.8, 4) is 11.5 Å². The van der Waals surface area contributed by atoms with E-state index in [-0.39, 0.29) is 26.7 Å². The molecule has 176 valence electrons. The molecule has 0 aromatic heterocycles. The molecule has 0 saturated carbocycles. The molecule has 0 heterocycles. The fourth-order valence-corrected chi connectivity index (χ4v) is 4.80. The summed E-state index contributed by atoms with van der Waals surface area (Å²) < 4.78 is 24.3. The maximum atomic E-state index is 12.2. The van der Waals surface area contributed by atoms with Crippen LogP contribution in [0.2, 0.25) is 10.0 Å². The fraction of sp³-hybridized carbons (Fsp3) is 0.111. The standard InChI is InChI=1S/C15H16O2.C12H8Cl2O2S/c1-15(2,11-3-7-13(16)8-4-11)12-5-9-14(17)10-6-12;13-9-1-5-11(6-2-9)17(15,16)12-7-3-10(14)4-8-12/h3-10,16-17H,1-2H3;1-8H. The van der Waals surface area contributed by atoms with Gasteiger partial charge in [-0.25, -0.2) is 8.42 Å². The quantitative estimate of drug-likeness (QED) is 0.300. The van der Waals surface area contributed by atoms with E-state index >= 15 is 0 Å². The monoisotopic (exact) mass is 514 g/mol. The molecule has 4 aromatic rings. The van der Waals surface area contributed by atoms with Gasteiger partial charge in [0.15, 0.2) is 0 Å². The third-order valence-corrected chi connectivity index (χ3v) is 7.72. The minimum atomic E-state index is -3.49. The third kappa shape index (κ3) is 6.11. The summed E-state index contributed by atoms with van der Waals surface area (Å²) in [7, 11) is -3.49. The molecule has 0 spiro atoms. The van der Waals surface area contributed by atoms with Crippen molar-refractivity contribution < 1.29 is 18.6 Å². The van der Waals surface area contributed by atoms with Gasteiger partial charge in [0.2, 0.25) is 9.84 Å². The van der Waals surface area contributed by atoms with Crippen molar-refractivity contribution in [3.63, 3.8) is 0 Å². The number of benzene rings is 4. The summed E-state index contributed by atoms with van der Waals surface area (Å²) in [6.45, 7) is 4.23. The predicted octanol–water partition coefficient (Wildman–Crippen LogP) is 7.25. The molecule has 0 saturated heterocycles. The normalized spacial score (nSPS) is 11.4. The second-order valence-corrected chi connectivity index (χ2v) is 11.0. The molecule has 0 unspecified atom stereocenters. The van der Waals surface area contributed by atoms with E-state index in [1.54, 1.807) is 48.5 Å². The molecule has 4 nitrogen and oxygen atoms in total. The third-order valence-electron chi connectivity index (χ3n) is 5.43. The maximum Gasteiger partial charge on any atom is 0.206 e. The SMILES string of the molecule is CC(C)(c1ccc(O)cc1)c1ccc(O)cc1.O=S(=O)(c1ccc(Cl)cc1)c1ccc(Cl)cc1.